The Bertz CT molecular complexity index is 483. The molecule has 0 radical (unpaired) electrons. The van der Waals surface area contributed by atoms with Gasteiger partial charge >= 0.3 is 0 Å². The quantitative estimate of drug-likeness (QED) is 0.879. The molecular formula is C11H10BrN3S. The summed E-state index contributed by atoms with van der Waals surface area (Å²) in [6, 6.07) is 4.00. The van der Waals surface area contributed by atoms with E-state index in [0.717, 1.165) is 34.7 Å². The number of pyridine rings is 1. The van der Waals surface area contributed by atoms with Gasteiger partial charge in [-0.15, -0.1) is 11.3 Å². The van der Waals surface area contributed by atoms with Crippen molar-refractivity contribution in [3.05, 3.63) is 33.4 Å². The first-order valence-electron chi connectivity index (χ1n) is 5.14. The summed E-state index contributed by atoms with van der Waals surface area (Å²) in [5.41, 5.74) is 2.20. The summed E-state index contributed by atoms with van der Waals surface area (Å²) in [6.45, 7) is 1.98. The highest BCUT2D eigenvalue weighted by Gasteiger charge is 2.15. The van der Waals surface area contributed by atoms with E-state index in [9.17, 15) is 0 Å². The highest BCUT2D eigenvalue weighted by Crippen LogP contribution is 2.28. The van der Waals surface area contributed by atoms with Gasteiger partial charge in [0, 0.05) is 35.1 Å². The van der Waals surface area contributed by atoms with E-state index in [1.807, 2.05) is 18.3 Å². The standard InChI is InChI=1S/C11H10BrN3S/c12-7-1-2-9(14-5-7)11-15-8-3-4-13-6-10(8)16-11/h1-2,5,13H,3-4,6H2. The number of nitrogens with zero attached hydrogens (tertiary/aromatic N) is 2. The van der Waals surface area contributed by atoms with Gasteiger partial charge in [-0.25, -0.2) is 4.98 Å². The average Bonchev–Trinajstić information content (AvgIpc) is 2.73. The largest absolute Gasteiger partial charge is 0.311 e. The van der Waals surface area contributed by atoms with Crippen molar-refractivity contribution in [1.82, 2.24) is 15.3 Å². The van der Waals surface area contributed by atoms with Gasteiger partial charge in [-0.3, -0.25) is 4.98 Å². The minimum absolute atomic E-state index is 0.948. The van der Waals surface area contributed by atoms with Crippen molar-refractivity contribution in [2.45, 2.75) is 13.0 Å². The maximum atomic E-state index is 4.65. The van der Waals surface area contributed by atoms with Crippen molar-refractivity contribution < 1.29 is 0 Å². The van der Waals surface area contributed by atoms with E-state index in [-0.39, 0.29) is 0 Å². The van der Waals surface area contributed by atoms with E-state index >= 15 is 0 Å². The Morgan fingerprint density at radius 3 is 3.06 bits per heavy atom. The van der Waals surface area contributed by atoms with Gasteiger partial charge in [-0.2, -0.15) is 0 Å². The van der Waals surface area contributed by atoms with Crippen molar-refractivity contribution >= 4 is 27.3 Å². The Kier molecular flexibility index (Phi) is 2.75. The molecule has 0 amide bonds. The number of fused-ring (bicyclic) bond motifs is 1. The van der Waals surface area contributed by atoms with Gasteiger partial charge in [0.15, 0.2) is 0 Å². The Labute approximate surface area is 106 Å². The highest BCUT2D eigenvalue weighted by molar-refractivity contribution is 9.10. The van der Waals surface area contributed by atoms with E-state index in [4.69, 9.17) is 0 Å². The molecule has 0 aromatic carbocycles. The third-order valence-electron chi connectivity index (χ3n) is 2.55. The van der Waals surface area contributed by atoms with Gasteiger partial charge in [-0.1, -0.05) is 0 Å². The molecule has 16 heavy (non-hydrogen) atoms. The van der Waals surface area contributed by atoms with E-state index < -0.39 is 0 Å². The van der Waals surface area contributed by atoms with E-state index in [2.05, 4.69) is 31.2 Å². The lowest BCUT2D eigenvalue weighted by molar-refractivity contribution is 0.644. The molecule has 0 aliphatic carbocycles. The first-order chi connectivity index (χ1) is 7.83. The Hall–Kier alpha value is -0.780. The average molecular weight is 296 g/mol. The molecule has 3 heterocycles. The monoisotopic (exact) mass is 295 g/mol. The predicted octanol–water partition coefficient (Wildman–Crippen LogP) is 2.61. The summed E-state index contributed by atoms with van der Waals surface area (Å²) in [5.74, 6) is 0. The zero-order chi connectivity index (χ0) is 11.0. The second kappa shape index (κ2) is 4.24. The molecule has 0 saturated carbocycles. The molecule has 5 heteroatoms. The third kappa shape index (κ3) is 1.90. The molecule has 2 aromatic rings. The summed E-state index contributed by atoms with van der Waals surface area (Å²) in [6.07, 6.45) is 2.84. The van der Waals surface area contributed by atoms with Crippen LogP contribution in [0.1, 0.15) is 10.6 Å². The van der Waals surface area contributed by atoms with Gasteiger partial charge in [0.2, 0.25) is 0 Å². The van der Waals surface area contributed by atoms with Crippen molar-refractivity contribution in [3.8, 4) is 10.7 Å². The molecule has 0 atom stereocenters. The van der Waals surface area contributed by atoms with Crippen LogP contribution in [0.2, 0.25) is 0 Å². The second-order valence-electron chi connectivity index (χ2n) is 3.68. The molecule has 0 spiro atoms. The topological polar surface area (TPSA) is 37.8 Å². The minimum atomic E-state index is 0.948. The van der Waals surface area contributed by atoms with E-state index in [1.165, 1.54) is 10.6 Å². The molecular weight excluding hydrogens is 286 g/mol. The smallest absolute Gasteiger partial charge is 0.142 e. The van der Waals surface area contributed by atoms with Crippen LogP contribution in [0.4, 0.5) is 0 Å². The van der Waals surface area contributed by atoms with Gasteiger partial charge in [-0.05, 0) is 28.1 Å². The molecule has 0 fully saturated rings. The third-order valence-corrected chi connectivity index (χ3v) is 4.14. The summed E-state index contributed by atoms with van der Waals surface area (Å²) >= 11 is 5.13. The second-order valence-corrected chi connectivity index (χ2v) is 5.68. The van der Waals surface area contributed by atoms with Crippen LogP contribution in [0.15, 0.2) is 22.8 Å². The van der Waals surface area contributed by atoms with Crippen molar-refractivity contribution in [1.29, 1.82) is 0 Å². The molecule has 0 unspecified atom stereocenters. The molecule has 2 aromatic heterocycles. The number of halogens is 1. The molecule has 3 nitrogen and oxygen atoms in total. The Morgan fingerprint density at radius 1 is 1.38 bits per heavy atom. The first-order valence-corrected chi connectivity index (χ1v) is 6.75. The first kappa shape index (κ1) is 10.4. The van der Waals surface area contributed by atoms with Crippen LogP contribution in [-0.2, 0) is 13.0 Å². The summed E-state index contributed by atoms with van der Waals surface area (Å²) in [4.78, 5) is 10.4. The van der Waals surface area contributed by atoms with Crippen LogP contribution in [0.3, 0.4) is 0 Å². The normalized spacial score (nSPS) is 14.8. The lowest BCUT2D eigenvalue weighted by atomic mass is 10.2. The summed E-state index contributed by atoms with van der Waals surface area (Å²) in [7, 11) is 0. The van der Waals surface area contributed by atoms with Gasteiger partial charge in [0.25, 0.3) is 0 Å². The molecule has 82 valence electrons. The molecule has 0 saturated heterocycles. The van der Waals surface area contributed by atoms with Crippen LogP contribution < -0.4 is 5.32 Å². The lowest BCUT2D eigenvalue weighted by Gasteiger charge is -2.09. The van der Waals surface area contributed by atoms with Crippen molar-refractivity contribution in [2.24, 2.45) is 0 Å². The number of thiazole rings is 1. The molecule has 3 rings (SSSR count). The van der Waals surface area contributed by atoms with Crippen LogP contribution in [-0.4, -0.2) is 16.5 Å². The predicted molar refractivity (Wildman–Crippen MR) is 68.5 cm³/mol. The van der Waals surface area contributed by atoms with E-state index in [1.54, 1.807) is 11.3 Å². The van der Waals surface area contributed by atoms with Crippen molar-refractivity contribution in [3.63, 3.8) is 0 Å². The molecule has 1 N–H and O–H groups in total. The van der Waals surface area contributed by atoms with Crippen LogP contribution in [0.25, 0.3) is 10.7 Å². The number of rotatable bonds is 1. The Morgan fingerprint density at radius 2 is 2.31 bits per heavy atom. The minimum Gasteiger partial charge on any atom is -0.311 e. The number of aromatic nitrogens is 2. The number of nitrogens with one attached hydrogen (secondary N) is 1. The Balaban J connectivity index is 2.00. The summed E-state index contributed by atoms with van der Waals surface area (Å²) < 4.78 is 0.999. The number of hydrogen-bond donors (Lipinski definition) is 1. The fourth-order valence-electron chi connectivity index (χ4n) is 1.74. The van der Waals surface area contributed by atoms with Gasteiger partial charge < -0.3 is 5.32 Å². The lowest BCUT2D eigenvalue weighted by Crippen LogP contribution is -2.22. The molecule has 1 aliphatic heterocycles. The SMILES string of the molecule is Brc1ccc(-c2nc3c(s2)CNCC3)nc1. The van der Waals surface area contributed by atoms with Gasteiger partial charge in [0.05, 0.1) is 11.4 Å². The molecule has 0 bridgehead atoms. The van der Waals surface area contributed by atoms with Crippen molar-refractivity contribution in [2.75, 3.05) is 6.54 Å². The zero-order valence-corrected chi connectivity index (χ0v) is 10.9. The number of hydrogen-bond acceptors (Lipinski definition) is 4. The van der Waals surface area contributed by atoms with Gasteiger partial charge in [0.1, 0.15) is 5.01 Å². The van der Waals surface area contributed by atoms with Crippen LogP contribution >= 0.6 is 27.3 Å². The van der Waals surface area contributed by atoms with Crippen LogP contribution in [0.5, 0.6) is 0 Å². The maximum absolute atomic E-state index is 4.65. The van der Waals surface area contributed by atoms with E-state index in [0.29, 0.717) is 0 Å². The zero-order valence-electron chi connectivity index (χ0n) is 8.53. The molecule has 1 aliphatic rings. The maximum Gasteiger partial charge on any atom is 0.142 e. The van der Waals surface area contributed by atoms with Crippen LogP contribution in [0, 0.1) is 0 Å². The highest BCUT2D eigenvalue weighted by atomic mass is 79.9. The fourth-order valence-corrected chi connectivity index (χ4v) is 3.03. The summed E-state index contributed by atoms with van der Waals surface area (Å²) in [5, 5.41) is 4.39. The fraction of sp³-hybridized carbons (Fsp3) is 0.273.